The zero-order chi connectivity index (χ0) is 28.5. The van der Waals surface area contributed by atoms with Gasteiger partial charge in [0.25, 0.3) is 11.0 Å². The highest BCUT2D eigenvalue weighted by atomic mass is 35.5. The van der Waals surface area contributed by atoms with Crippen LogP contribution >= 0.6 is 11.6 Å². The van der Waals surface area contributed by atoms with E-state index in [2.05, 4.69) is 81.2 Å². The van der Waals surface area contributed by atoms with Crippen LogP contribution in [0.4, 0.5) is 15.9 Å². The molecule has 6 aromatic rings. The van der Waals surface area contributed by atoms with Crippen molar-refractivity contribution in [2.75, 3.05) is 19.0 Å². The van der Waals surface area contributed by atoms with Crippen LogP contribution in [0, 0.1) is 5.82 Å². The largest absolute Gasteiger partial charge is 0.493 e. The third kappa shape index (κ3) is 5.18. The number of fused-ring (bicyclic) bond motifs is 4. The summed E-state index contributed by atoms with van der Waals surface area (Å²) in [6.45, 7) is 0.496. The Bertz CT molecular complexity index is 1930. The van der Waals surface area contributed by atoms with Gasteiger partial charge in [-0.25, -0.2) is 14.4 Å². The first-order valence-electron chi connectivity index (χ1n) is 13.3. The minimum Gasteiger partial charge on any atom is -0.493 e. The van der Waals surface area contributed by atoms with Crippen molar-refractivity contribution < 1.29 is 23.0 Å². The van der Waals surface area contributed by atoms with Crippen LogP contribution in [-0.2, 0) is 20.5 Å². The molecule has 7 nitrogen and oxygen atoms in total. The average Bonchev–Trinajstić information content (AvgIpc) is 2.98. The summed E-state index contributed by atoms with van der Waals surface area (Å²) in [5.74, 6) is 1.25. The molecular weight excluding hydrogens is 541 g/mol. The lowest BCUT2D eigenvalue weighted by atomic mass is 10.0. The molecule has 0 unspecified atom stereocenters. The van der Waals surface area contributed by atoms with Gasteiger partial charge in [0, 0.05) is 29.3 Å². The molecule has 0 bridgehead atoms. The van der Waals surface area contributed by atoms with Crippen LogP contribution in [0.1, 0.15) is 12.0 Å². The van der Waals surface area contributed by atoms with E-state index in [4.69, 9.17) is 21.1 Å². The van der Waals surface area contributed by atoms with Gasteiger partial charge in [-0.1, -0.05) is 11.6 Å². The third-order valence-electron chi connectivity index (χ3n) is 7.27. The normalized spacial score (nSPS) is 11.3. The van der Waals surface area contributed by atoms with Gasteiger partial charge in [-0.15, -0.1) is 0 Å². The second kappa shape index (κ2) is 11.1. The van der Waals surface area contributed by atoms with E-state index < -0.39 is 5.82 Å². The molecule has 6 rings (SSSR count). The van der Waals surface area contributed by atoms with Gasteiger partial charge in [0.2, 0.25) is 0 Å². The van der Waals surface area contributed by atoms with E-state index in [1.165, 1.54) is 45.8 Å². The van der Waals surface area contributed by atoms with E-state index in [1.54, 1.807) is 13.2 Å². The Kier molecular flexibility index (Phi) is 7.24. The van der Waals surface area contributed by atoms with Crippen molar-refractivity contribution >= 4 is 55.8 Å². The molecule has 0 atom stereocenters. The summed E-state index contributed by atoms with van der Waals surface area (Å²) in [7, 11) is 5.78. The van der Waals surface area contributed by atoms with Crippen molar-refractivity contribution in [2.45, 2.75) is 12.8 Å². The summed E-state index contributed by atoms with van der Waals surface area (Å²) in [6.07, 6.45) is 7.34. The topological polar surface area (TPSA) is 64.0 Å². The molecule has 0 amide bonds. The Hall–Kier alpha value is -4.56. The van der Waals surface area contributed by atoms with Crippen LogP contribution in [0.5, 0.6) is 11.5 Å². The van der Waals surface area contributed by atoms with E-state index >= 15 is 0 Å². The van der Waals surface area contributed by atoms with Crippen molar-refractivity contribution in [3.8, 4) is 11.5 Å². The SMILES string of the molecule is COc1cc2ncnc(Nc3ccc(F)c(Cl)c3)c2cc1OCCCc1cc[n+](C)c2c1ccc1ccc[n+](C)c12. The standard InChI is InChI=1S/C32H29ClFN5O2/c1-38-13-4-6-21-8-10-23-20(12-14-39(2)31(23)30(21)38)7-5-15-41-29-17-24-27(18-28(29)40-3)35-19-36-32(24)37-22-9-11-26(34)25(33)16-22/h4,6,8-14,16-19H,5,7,15H2,1-3H3,(H,35,36,37)/q+2. The molecule has 3 aromatic carbocycles. The van der Waals surface area contributed by atoms with E-state index in [1.807, 2.05) is 12.1 Å². The fourth-order valence-electron chi connectivity index (χ4n) is 5.24. The Balaban J connectivity index is 1.23. The van der Waals surface area contributed by atoms with Crippen molar-refractivity contribution in [3.63, 3.8) is 0 Å². The van der Waals surface area contributed by atoms with Crippen molar-refractivity contribution in [1.29, 1.82) is 0 Å². The first-order chi connectivity index (χ1) is 19.9. The summed E-state index contributed by atoms with van der Waals surface area (Å²) < 4.78 is 29.8. The van der Waals surface area contributed by atoms with E-state index in [-0.39, 0.29) is 5.02 Å². The summed E-state index contributed by atoms with van der Waals surface area (Å²) >= 11 is 5.96. The van der Waals surface area contributed by atoms with Crippen LogP contribution in [0.3, 0.4) is 0 Å². The molecule has 3 aromatic heterocycles. The molecule has 3 heterocycles. The van der Waals surface area contributed by atoms with Crippen LogP contribution in [0.15, 0.2) is 79.4 Å². The zero-order valence-electron chi connectivity index (χ0n) is 23.0. The highest BCUT2D eigenvalue weighted by Crippen LogP contribution is 2.35. The number of anilines is 2. The molecule has 1 N–H and O–H groups in total. The van der Waals surface area contributed by atoms with E-state index in [0.717, 1.165) is 18.2 Å². The number of pyridine rings is 2. The molecule has 41 heavy (non-hydrogen) atoms. The van der Waals surface area contributed by atoms with E-state index in [0.29, 0.717) is 35.1 Å². The van der Waals surface area contributed by atoms with Crippen molar-refractivity contribution in [1.82, 2.24) is 9.97 Å². The number of aromatic nitrogens is 4. The highest BCUT2D eigenvalue weighted by Gasteiger charge is 2.20. The summed E-state index contributed by atoms with van der Waals surface area (Å²) in [4.78, 5) is 8.78. The molecular formula is C32H29ClFN5O2+2. The number of aryl methyl sites for hydroxylation is 3. The fraction of sp³-hybridized carbons (Fsp3) is 0.188. The van der Waals surface area contributed by atoms with Crippen LogP contribution < -0.4 is 23.9 Å². The number of nitrogens with zero attached hydrogens (tertiary/aromatic N) is 4. The molecule has 206 valence electrons. The number of methoxy groups -OCH3 is 1. The number of ether oxygens (including phenoxy) is 2. The van der Waals surface area contributed by atoms with Gasteiger partial charge in [0.05, 0.1) is 35.0 Å². The van der Waals surface area contributed by atoms with Gasteiger partial charge < -0.3 is 14.8 Å². The number of hydrogen-bond acceptors (Lipinski definition) is 5. The number of halogens is 2. The van der Waals surface area contributed by atoms with Crippen LogP contribution in [0.2, 0.25) is 5.02 Å². The number of nitrogens with one attached hydrogen (secondary N) is 1. The van der Waals surface area contributed by atoms with Crippen molar-refractivity contribution in [2.24, 2.45) is 14.1 Å². The quantitative estimate of drug-likeness (QED) is 0.135. The van der Waals surface area contributed by atoms with Crippen LogP contribution in [-0.4, -0.2) is 23.7 Å². The maximum Gasteiger partial charge on any atom is 0.285 e. The van der Waals surface area contributed by atoms with Gasteiger partial charge in [-0.05, 0) is 60.9 Å². The summed E-state index contributed by atoms with van der Waals surface area (Å²) in [5.41, 5.74) is 4.99. The predicted octanol–water partition coefficient (Wildman–Crippen LogP) is 6.14. The average molecular weight is 570 g/mol. The molecule has 0 fully saturated rings. The van der Waals surface area contributed by atoms with E-state index in [9.17, 15) is 4.39 Å². The Morgan fingerprint density at radius 3 is 2.59 bits per heavy atom. The summed E-state index contributed by atoms with van der Waals surface area (Å²) in [6, 6.07) is 18.9. The van der Waals surface area contributed by atoms with Gasteiger partial charge in [-0.3, -0.25) is 0 Å². The van der Waals surface area contributed by atoms with Crippen molar-refractivity contribution in [3.05, 3.63) is 95.8 Å². The maximum atomic E-state index is 13.6. The number of benzene rings is 3. The van der Waals surface area contributed by atoms with Gasteiger partial charge in [0.15, 0.2) is 23.9 Å². The number of hydrogen-bond donors (Lipinski definition) is 1. The minimum absolute atomic E-state index is 0.0288. The Morgan fingerprint density at radius 1 is 0.902 bits per heavy atom. The molecule has 9 heteroatoms. The van der Waals surface area contributed by atoms with Gasteiger partial charge >= 0.3 is 0 Å². The minimum atomic E-state index is -0.482. The molecule has 0 aliphatic heterocycles. The lowest BCUT2D eigenvalue weighted by Crippen LogP contribution is -2.35. The molecule has 0 radical (unpaired) electrons. The molecule has 0 aliphatic carbocycles. The predicted molar refractivity (Wildman–Crippen MR) is 158 cm³/mol. The first kappa shape index (κ1) is 26.7. The Labute approximate surface area is 241 Å². The molecule has 0 saturated carbocycles. The second-order valence-electron chi connectivity index (χ2n) is 9.92. The summed E-state index contributed by atoms with van der Waals surface area (Å²) in [5, 5.41) is 6.42. The highest BCUT2D eigenvalue weighted by molar-refractivity contribution is 6.31. The fourth-order valence-corrected chi connectivity index (χ4v) is 5.42. The molecule has 0 spiro atoms. The monoisotopic (exact) mass is 569 g/mol. The second-order valence-corrected chi connectivity index (χ2v) is 10.3. The maximum absolute atomic E-state index is 13.6. The van der Waals surface area contributed by atoms with Crippen LogP contribution in [0.25, 0.3) is 32.7 Å². The zero-order valence-corrected chi connectivity index (χ0v) is 23.7. The van der Waals surface area contributed by atoms with Gasteiger partial charge in [-0.2, -0.15) is 9.13 Å². The number of rotatable bonds is 8. The first-order valence-corrected chi connectivity index (χ1v) is 13.7. The third-order valence-corrected chi connectivity index (χ3v) is 7.56. The smallest absolute Gasteiger partial charge is 0.285 e. The Morgan fingerprint density at radius 2 is 1.76 bits per heavy atom. The lowest BCUT2D eigenvalue weighted by molar-refractivity contribution is -0.664. The molecule has 0 aliphatic rings. The lowest BCUT2D eigenvalue weighted by Gasteiger charge is -2.14. The molecule has 0 saturated heterocycles. The van der Waals surface area contributed by atoms with Gasteiger partial charge in [0.1, 0.15) is 32.1 Å².